The van der Waals surface area contributed by atoms with Crippen molar-refractivity contribution in [3.8, 4) is 22.5 Å². The predicted octanol–water partition coefficient (Wildman–Crippen LogP) is 6.37. The van der Waals surface area contributed by atoms with Gasteiger partial charge in [-0.1, -0.05) is 66.7 Å². The Morgan fingerprint density at radius 2 is 1.27 bits per heavy atom. The topological polar surface area (TPSA) is 13.1 Å². The molecule has 0 unspecified atom stereocenters. The SMILES string of the molecule is Ic1c(-c2ccccc2)oc2ccc(-c3ccccc3)cc12. The Kier molecular flexibility index (Phi) is 3.47. The van der Waals surface area contributed by atoms with Crippen molar-refractivity contribution in [2.75, 3.05) is 0 Å². The molecule has 0 saturated carbocycles. The zero-order chi connectivity index (χ0) is 14.9. The number of hydrogen-bond acceptors (Lipinski definition) is 1. The van der Waals surface area contributed by atoms with Crippen LogP contribution < -0.4 is 0 Å². The van der Waals surface area contributed by atoms with Gasteiger partial charge in [0.05, 0.1) is 3.57 Å². The number of hydrogen-bond donors (Lipinski definition) is 0. The fraction of sp³-hybridized carbons (Fsp3) is 0. The van der Waals surface area contributed by atoms with E-state index in [0.717, 1.165) is 20.5 Å². The molecule has 4 aromatic rings. The number of fused-ring (bicyclic) bond motifs is 1. The van der Waals surface area contributed by atoms with Gasteiger partial charge in [0, 0.05) is 10.9 Å². The maximum atomic E-state index is 6.07. The van der Waals surface area contributed by atoms with Crippen LogP contribution >= 0.6 is 22.6 Å². The Morgan fingerprint density at radius 3 is 1.95 bits per heavy atom. The first-order valence-corrected chi connectivity index (χ1v) is 8.24. The Labute approximate surface area is 142 Å². The van der Waals surface area contributed by atoms with Gasteiger partial charge in [0.2, 0.25) is 0 Å². The second-order valence-corrected chi connectivity index (χ2v) is 6.27. The van der Waals surface area contributed by atoms with Gasteiger partial charge in [0.15, 0.2) is 0 Å². The molecule has 3 aromatic carbocycles. The molecule has 106 valence electrons. The maximum absolute atomic E-state index is 6.07. The molecular formula is C20H13IO. The Morgan fingerprint density at radius 1 is 0.636 bits per heavy atom. The van der Waals surface area contributed by atoms with E-state index in [0.29, 0.717) is 0 Å². The summed E-state index contributed by atoms with van der Waals surface area (Å²) in [5.74, 6) is 0.946. The molecule has 0 spiro atoms. The number of rotatable bonds is 2. The van der Waals surface area contributed by atoms with Crippen LogP contribution in [0, 0.1) is 3.57 Å². The Bertz CT molecular complexity index is 924. The predicted molar refractivity (Wildman–Crippen MR) is 99.8 cm³/mol. The minimum Gasteiger partial charge on any atom is -0.455 e. The van der Waals surface area contributed by atoms with Gasteiger partial charge in [0.1, 0.15) is 11.3 Å². The first-order valence-electron chi connectivity index (χ1n) is 7.16. The quantitative estimate of drug-likeness (QED) is 0.359. The van der Waals surface area contributed by atoms with Crippen molar-refractivity contribution in [2.45, 2.75) is 0 Å². The lowest BCUT2D eigenvalue weighted by Crippen LogP contribution is -1.78. The summed E-state index contributed by atoms with van der Waals surface area (Å²) in [6.45, 7) is 0. The van der Waals surface area contributed by atoms with Gasteiger partial charge >= 0.3 is 0 Å². The molecule has 2 heteroatoms. The molecule has 0 bridgehead atoms. The van der Waals surface area contributed by atoms with E-state index < -0.39 is 0 Å². The van der Waals surface area contributed by atoms with Crippen molar-refractivity contribution in [3.63, 3.8) is 0 Å². The fourth-order valence-corrected chi connectivity index (χ4v) is 3.50. The molecule has 22 heavy (non-hydrogen) atoms. The van der Waals surface area contributed by atoms with Crippen LogP contribution in [0.4, 0.5) is 0 Å². The zero-order valence-corrected chi connectivity index (χ0v) is 13.9. The molecule has 0 aliphatic rings. The van der Waals surface area contributed by atoms with Crippen molar-refractivity contribution in [2.24, 2.45) is 0 Å². The molecule has 0 radical (unpaired) electrons. The van der Waals surface area contributed by atoms with E-state index in [4.69, 9.17) is 4.42 Å². The lowest BCUT2D eigenvalue weighted by Gasteiger charge is -2.01. The van der Waals surface area contributed by atoms with Gasteiger partial charge in [-0.3, -0.25) is 0 Å². The van der Waals surface area contributed by atoms with Crippen LogP contribution in [0.5, 0.6) is 0 Å². The van der Waals surface area contributed by atoms with Crippen LogP contribution in [0.1, 0.15) is 0 Å². The third-order valence-corrected chi connectivity index (χ3v) is 4.84. The molecule has 0 saturated heterocycles. The second kappa shape index (κ2) is 5.61. The summed E-state index contributed by atoms with van der Waals surface area (Å²) in [7, 11) is 0. The molecule has 1 heterocycles. The van der Waals surface area contributed by atoms with Gasteiger partial charge in [0.25, 0.3) is 0 Å². The number of furan rings is 1. The van der Waals surface area contributed by atoms with E-state index in [1.54, 1.807) is 0 Å². The average Bonchev–Trinajstić information content (AvgIpc) is 2.93. The molecule has 0 aliphatic carbocycles. The first kappa shape index (κ1) is 13.6. The molecule has 0 fully saturated rings. The van der Waals surface area contributed by atoms with E-state index in [1.165, 1.54) is 16.5 Å². The van der Waals surface area contributed by atoms with Crippen molar-refractivity contribution < 1.29 is 4.42 Å². The summed E-state index contributed by atoms with van der Waals surface area (Å²) in [5.41, 5.74) is 4.49. The molecule has 0 amide bonds. The molecular weight excluding hydrogens is 383 g/mol. The largest absolute Gasteiger partial charge is 0.455 e. The molecule has 0 atom stereocenters. The summed E-state index contributed by atoms with van der Waals surface area (Å²) in [4.78, 5) is 0. The molecule has 1 nitrogen and oxygen atoms in total. The lowest BCUT2D eigenvalue weighted by atomic mass is 10.0. The summed E-state index contributed by atoms with van der Waals surface area (Å²) in [6.07, 6.45) is 0. The Balaban J connectivity index is 1.89. The van der Waals surface area contributed by atoms with E-state index in [1.807, 2.05) is 24.3 Å². The van der Waals surface area contributed by atoms with Gasteiger partial charge in [-0.25, -0.2) is 0 Å². The van der Waals surface area contributed by atoms with Gasteiger partial charge < -0.3 is 4.42 Å². The van der Waals surface area contributed by atoms with E-state index in [9.17, 15) is 0 Å². The second-order valence-electron chi connectivity index (χ2n) is 5.19. The van der Waals surface area contributed by atoms with Crippen LogP contribution in [0.2, 0.25) is 0 Å². The van der Waals surface area contributed by atoms with Crippen LogP contribution in [-0.4, -0.2) is 0 Å². The third kappa shape index (κ3) is 2.33. The van der Waals surface area contributed by atoms with Crippen LogP contribution in [0.3, 0.4) is 0 Å². The summed E-state index contributed by atoms with van der Waals surface area (Å²) in [5, 5.41) is 1.17. The van der Waals surface area contributed by atoms with Crippen molar-refractivity contribution in [1.29, 1.82) is 0 Å². The fourth-order valence-electron chi connectivity index (χ4n) is 2.65. The van der Waals surface area contributed by atoms with Crippen LogP contribution in [0.15, 0.2) is 83.3 Å². The lowest BCUT2D eigenvalue weighted by molar-refractivity contribution is 0.629. The summed E-state index contributed by atoms with van der Waals surface area (Å²) >= 11 is 2.38. The highest BCUT2D eigenvalue weighted by Gasteiger charge is 2.14. The molecule has 0 aliphatic heterocycles. The molecule has 0 N–H and O–H groups in total. The average molecular weight is 396 g/mol. The minimum atomic E-state index is 0.933. The minimum absolute atomic E-state index is 0.933. The summed E-state index contributed by atoms with van der Waals surface area (Å²) in [6, 6.07) is 27.1. The third-order valence-electron chi connectivity index (χ3n) is 3.77. The van der Waals surface area contributed by atoms with Crippen molar-refractivity contribution >= 4 is 33.6 Å². The van der Waals surface area contributed by atoms with E-state index in [-0.39, 0.29) is 0 Å². The number of halogens is 1. The first-order chi connectivity index (χ1) is 10.8. The highest BCUT2D eigenvalue weighted by Crippen LogP contribution is 2.36. The zero-order valence-electron chi connectivity index (χ0n) is 11.8. The van der Waals surface area contributed by atoms with Crippen LogP contribution in [0.25, 0.3) is 33.4 Å². The van der Waals surface area contributed by atoms with Gasteiger partial charge in [-0.05, 0) is 45.9 Å². The van der Waals surface area contributed by atoms with Gasteiger partial charge in [-0.15, -0.1) is 0 Å². The number of benzene rings is 3. The normalized spacial score (nSPS) is 11.0. The smallest absolute Gasteiger partial charge is 0.148 e. The maximum Gasteiger partial charge on any atom is 0.148 e. The van der Waals surface area contributed by atoms with E-state index >= 15 is 0 Å². The molecule has 4 rings (SSSR count). The highest BCUT2D eigenvalue weighted by molar-refractivity contribution is 14.1. The van der Waals surface area contributed by atoms with E-state index in [2.05, 4.69) is 77.2 Å². The van der Waals surface area contributed by atoms with Crippen LogP contribution in [-0.2, 0) is 0 Å². The van der Waals surface area contributed by atoms with Crippen molar-refractivity contribution in [3.05, 3.63) is 82.4 Å². The summed E-state index contributed by atoms with van der Waals surface area (Å²) < 4.78 is 7.23. The standard InChI is InChI=1S/C20H13IO/c21-19-17-13-16(14-7-3-1-4-8-14)11-12-18(17)22-20(19)15-9-5-2-6-10-15/h1-13H. The highest BCUT2D eigenvalue weighted by atomic mass is 127. The molecule has 1 aromatic heterocycles. The monoisotopic (exact) mass is 396 g/mol. The Hall–Kier alpha value is -2.07. The van der Waals surface area contributed by atoms with Crippen molar-refractivity contribution in [1.82, 2.24) is 0 Å². The van der Waals surface area contributed by atoms with Gasteiger partial charge in [-0.2, -0.15) is 0 Å².